The third-order valence-corrected chi connectivity index (χ3v) is 4.65. The summed E-state index contributed by atoms with van der Waals surface area (Å²) in [5.41, 5.74) is 1.31. The molecule has 1 N–H and O–H groups in total. The van der Waals surface area contributed by atoms with E-state index in [2.05, 4.69) is 52.0 Å². The van der Waals surface area contributed by atoms with E-state index in [1.54, 1.807) is 11.8 Å². The molecule has 0 spiro atoms. The van der Waals surface area contributed by atoms with Crippen molar-refractivity contribution in [2.24, 2.45) is 0 Å². The van der Waals surface area contributed by atoms with Crippen molar-refractivity contribution in [2.75, 3.05) is 7.05 Å². The summed E-state index contributed by atoms with van der Waals surface area (Å²) in [6, 6.07) is 9.35. The summed E-state index contributed by atoms with van der Waals surface area (Å²) in [5.74, 6) is 0. The van der Waals surface area contributed by atoms with Gasteiger partial charge >= 0.3 is 0 Å². The van der Waals surface area contributed by atoms with Crippen LogP contribution >= 0.6 is 11.8 Å². The summed E-state index contributed by atoms with van der Waals surface area (Å²) in [4.78, 5) is 1.23. The maximum absolute atomic E-state index is 4.17. The minimum absolute atomic E-state index is 0.365. The summed E-state index contributed by atoms with van der Waals surface area (Å²) in [5, 5.41) is 16.4. The van der Waals surface area contributed by atoms with Gasteiger partial charge in [-0.05, 0) is 60.1 Å². The van der Waals surface area contributed by atoms with E-state index in [4.69, 9.17) is 0 Å². The van der Waals surface area contributed by atoms with E-state index in [1.165, 1.54) is 23.3 Å². The lowest BCUT2D eigenvalue weighted by Crippen LogP contribution is -2.16. The van der Waals surface area contributed by atoms with Crippen molar-refractivity contribution in [3.05, 3.63) is 29.8 Å². The summed E-state index contributed by atoms with van der Waals surface area (Å²) in [6.07, 6.45) is 3.43. The molecule has 1 fully saturated rings. The highest BCUT2D eigenvalue weighted by Gasteiger charge is 2.28. The third-order valence-electron chi connectivity index (χ3n) is 3.61. The first-order valence-electron chi connectivity index (χ1n) is 7.05. The Labute approximate surface area is 123 Å². The SMILES string of the molecule is CCC(NC)c1ccccc1Sc1nnnn1C1CC1. The van der Waals surface area contributed by atoms with Gasteiger partial charge in [0.15, 0.2) is 0 Å². The van der Waals surface area contributed by atoms with Crippen LogP contribution < -0.4 is 5.32 Å². The van der Waals surface area contributed by atoms with E-state index < -0.39 is 0 Å². The third kappa shape index (κ3) is 2.71. The number of tetrazole rings is 1. The van der Waals surface area contributed by atoms with Gasteiger partial charge in [-0.3, -0.25) is 0 Å². The van der Waals surface area contributed by atoms with Gasteiger partial charge in [-0.1, -0.05) is 25.1 Å². The molecular weight excluding hydrogens is 270 g/mol. The molecule has 6 heteroatoms. The summed E-state index contributed by atoms with van der Waals surface area (Å²) in [6.45, 7) is 2.19. The van der Waals surface area contributed by atoms with E-state index in [0.29, 0.717) is 12.1 Å². The normalized spacial score (nSPS) is 16.3. The quantitative estimate of drug-likeness (QED) is 0.886. The van der Waals surface area contributed by atoms with E-state index in [-0.39, 0.29) is 0 Å². The Hall–Kier alpha value is -1.40. The van der Waals surface area contributed by atoms with Crippen LogP contribution in [0, 0.1) is 0 Å². The van der Waals surface area contributed by atoms with Crippen LogP contribution in [0.15, 0.2) is 34.3 Å². The Morgan fingerprint density at radius 3 is 2.90 bits per heavy atom. The first kappa shape index (κ1) is 13.6. The lowest BCUT2D eigenvalue weighted by atomic mass is 10.1. The van der Waals surface area contributed by atoms with Crippen molar-refractivity contribution in [2.45, 2.75) is 48.3 Å². The predicted molar refractivity (Wildman–Crippen MR) is 78.7 cm³/mol. The second-order valence-corrected chi connectivity index (χ2v) is 6.04. The number of nitrogens with one attached hydrogen (secondary N) is 1. The molecule has 5 nitrogen and oxygen atoms in total. The molecule has 1 aromatic carbocycles. The maximum atomic E-state index is 4.17. The highest BCUT2D eigenvalue weighted by Crippen LogP contribution is 2.39. The molecule has 1 saturated carbocycles. The number of hydrogen-bond donors (Lipinski definition) is 1. The van der Waals surface area contributed by atoms with Crippen molar-refractivity contribution in [3.8, 4) is 0 Å². The number of aromatic nitrogens is 4. The fourth-order valence-corrected chi connectivity index (χ4v) is 3.37. The van der Waals surface area contributed by atoms with Crippen molar-refractivity contribution >= 4 is 11.8 Å². The van der Waals surface area contributed by atoms with Crippen LogP contribution in [0.3, 0.4) is 0 Å². The Balaban J connectivity index is 1.88. The Bertz CT molecular complexity index is 574. The highest BCUT2D eigenvalue weighted by atomic mass is 32.2. The molecule has 106 valence electrons. The van der Waals surface area contributed by atoms with Crippen LogP contribution in [-0.4, -0.2) is 27.3 Å². The first-order valence-corrected chi connectivity index (χ1v) is 7.87. The van der Waals surface area contributed by atoms with Gasteiger partial charge in [-0.2, -0.15) is 0 Å². The summed E-state index contributed by atoms with van der Waals surface area (Å²) in [7, 11) is 2.00. The largest absolute Gasteiger partial charge is 0.313 e. The molecule has 20 heavy (non-hydrogen) atoms. The standard InChI is InChI=1S/C14H19N5S/c1-3-12(15-2)11-6-4-5-7-13(11)20-14-16-17-18-19(14)10-8-9-10/h4-7,10,12,15H,3,8-9H2,1-2H3. The van der Waals surface area contributed by atoms with Crippen molar-refractivity contribution in [1.29, 1.82) is 0 Å². The van der Waals surface area contributed by atoms with Crippen molar-refractivity contribution in [1.82, 2.24) is 25.5 Å². The predicted octanol–water partition coefficient (Wildman–Crippen LogP) is 2.83. The van der Waals surface area contributed by atoms with Crippen molar-refractivity contribution < 1.29 is 0 Å². The molecule has 3 rings (SSSR count). The van der Waals surface area contributed by atoms with Gasteiger partial charge < -0.3 is 5.32 Å². The zero-order valence-electron chi connectivity index (χ0n) is 11.8. The molecule has 0 aliphatic heterocycles. The van der Waals surface area contributed by atoms with Crippen molar-refractivity contribution in [3.63, 3.8) is 0 Å². The van der Waals surface area contributed by atoms with Crippen LogP contribution in [0.2, 0.25) is 0 Å². The molecule has 0 bridgehead atoms. The van der Waals surface area contributed by atoms with Gasteiger partial charge in [0.05, 0.1) is 6.04 Å². The molecule has 0 saturated heterocycles. The topological polar surface area (TPSA) is 55.6 Å². The van der Waals surface area contributed by atoms with Gasteiger partial charge in [-0.25, -0.2) is 4.68 Å². The average molecular weight is 289 g/mol. The number of nitrogens with zero attached hydrogens (tertiary/aromatic N) is 4. The second-order valence-electron chi connectivity index (χ2n) is 5.03. The van der Waals surface area contributed by atoms with Crippen LogP contribution in [-0.2, 0) is 0 Å². The fourth-order valence-electron chi connectivity index (χ4n) is 2.34. The lowest BCUT2D eigenvalue weighted by Gasteiger charge is -2.17. The zero-order chi connectivity index (χ0) is 13.9. The minimum Gasteiger partial charge on any atom is -0.313 e. The Morgan fingerprint density at radius 2 is 2.20 bits per heavy atom. The van der Waals surface area contributed by atoms with Crippen LogP contribution in [0.4, 0.5) is 0 Å². The number of benzene rings is 1. The molecule has 1 aliphatic rings. The van der Waals surface area contributed by atoms with Gasteiger partial charge in [-0.15, -0.1) is 5.10 Å². The highest BCUT2D eigenvalue weighted by molar-refractivity contribution is 7.99. The van der Waals surface area contributed by atoms with Gasteiger partial charge in [0.25, 0.3) is 0 Å². The van der Waals surface area contributed by atoms with E-state index in [0.717, 1.165) is 11.6 Å². The minimum atomic E-state index is 0.365. The Morgan fingerprint density at radius 1 is 1.40 bits per heavy atom. The van der Waals surface area contributed by atoms with Crippen LogP contribution in [0.25, 0.3) is 0 Å². The number of rotatable bonds is 6. The van der Waals surface area contributed by atoms with Crippen LogP contribution in [0.1, 0.15) is 43.8 Å². The summed E-state index contributed by atoms with van der Waals surface area (Å²) < 4.78 is 1.96. The molecule has 1 heterocycles. The second kappa shape index (κ2) is 5.93. The van der Waals surface area contributed by atoms with E-state index >= 15 is 0 Å². The van der Waals surface area contributed by atoms with Gasteiger partial charge in [0.2, 0.25) is 5.16 Å². The molecule has 0 amide bonds. The molecule has 1 atom stereocenters. The molecular formula is C14H19N5S. The van der Waals surface area contributed by atoms with Gasteiger partial charge in [0, 0.05) is 10.9 Å². The summed E-state index contributed by atoms with van der Waals surface area (Å²) >= 11 is 1.66. The lowest BCUT2D eigenvalue weighted by molar-refractivity contribution is 0.561. The maximum Gasteiger partial charge on any atom is 0.214 e. The smallest absolute Gasteiger partial charge is 0.214 e. The fraction of sp³-hybridized carbons (Fsp3) is 0.500. The molecule has 2 aromatic rings. The zero-order valence-corrected chi connectivity index (χ0v) is 12.6. The average Bonchev–Trinajstić information content (AvgIpc) is 3.22. The Kier molecular flexibility index (Phi) is 4.03. The van der Waals surface area contributed by atoms with E-state index in [1.807, 2.05) is 11.7 Å². The first-order chi connectivity index (χ1) is 9.83. The molecule has 0 radical (unpaired) electrons. The van der Waals surface area contributed by atoms with E-state index in [9.17, 15) is 0 Å². The monoisotopic (exact) mass is 289 g/mol. The molecule has 1 unspecified atom stereocenters. The number of hydrogen-bond acceptors (Lipinski definition) is 5. The van der Waals surface area contributed by atoms with Gasteiger partial charge in [0.1, 0.15) is 0 Å². The molecule has 1 aliphatic carbocycles. The van der Waals surface area contributed by atoms with Crippen LogP contribution in [0.5, 0.6) is 0 Å². The molecule has 1 aromatic heterocycles.